The lowest BCUT2D eigenvalue weighted by molar-refractivity contribution is 0.359. The molecular formula is C15H21N3. The van der Waals surface area contributed by atoms with Gasteiger partial charge in [0.1, 0.15) is 5.82 Å². The quantitative estimate of drug-likeness (QED) is 0.791. The van der Waals surface area contributed by atoms with E-state index in [1.807, 2.05) is 24.3 Å². The van der Waals surface area contributed by atoms with Crippen molar-refractivity contribution in [2.24, 2.45) is 5.41 Å². The van der Waals surface area contributed by atoms with Gasteiger partial charge >= 0.3 is 0 Å². The van der Waals surface area contributed by atoms with Gasteiger partial charge in [-0.2, -0.15) is 0 Å². The van der Waals surface area contributed by atoms with Crippen LogP contribution in [0.3, 0.4) is 0 Å². The van der Waals surface area contributed by atoms with Crippen LogP contribution in [0.2, 0.25) is 0 Å². The number of rotatable bonds is 2. The summed E-state index contributed by atoms with van der Waals surface area (Å²) in [5, 5.41) is 4.52. The van der Waals surface area contributed by atoms with Crippen molar-refractivity contribution in [1.29, 1.82) is 0 Å². The molecule has 2 rings (SSSR count). The van der Waals surface area contributed by atoms with Crippen LogP contribution in [0.5, 0.6) is 0 Å². The molecule has 0 saturated heterocycles. The maximum absolute atomic E-state index is 5.76. The third kappa shape index (κ3) is 2.73. The minimum Gasteiger partial charge on any atom is -0.399 e. The summed E-state index contributed by atoms with van der Waals surface area (Å²) in [7, 11) is 0. The summed E-state index contributed by atoms with van der Waals surface area (Å²) in [6.45, 7) is 8.82. The maximum Gasteiger partial charge on any atom is 0.126 e. The molecule has 0 bridgehead atoms. The number of aromatic nitrogens is 1. The number of nitrogens with one attached hydrogen (secondary N) is 1. The summed E-state index contributed by atoms with van der Waals surface area (Å²) in [5.41, 5.74) is 7.70. The fourth-order valence-electron chi connectivity index (χ4n) is 1.66. The number of hydrogen-bond acceptors (Lipinski definition) is 3. The molecule has 3 N–H and O–H groups in total. The van der Waals surface area contributed by atoms with Gasteiger partial charge in [-0.1, -0.05) is 20.8 Å². The Morgan fingerprint density at radius 1 is 1.17 bits per heavy atom. The number of fused-ring (bicyclic) bond motifs is 1. The van der Waals surface area contributed by atoms with Crippen LogP contribution in [-0.4, -0.2) is 11.0 Å². The van der Waals surface area contributed by atoms with E-state index >= 15 is 0 Å². The lowest BCUT2D eigenvalue weighted by Crippen LogP contribution is -2.31. The van der Waals surface area contributed by atoms with Gasteiger partial charge in [0, 0.05) is 17.1 Å². The largest absolute Gasteiger partial charge is 0.399 e. The molecule has 18 heavy (non-hydrogen) atoms. The van der Waals surface area contributed by atoms with E-state index in [2.05, 4.69) is 44.1 Å². The van der Waals surface area contributed by atoms with Crippen LogP contribution in [0, 0.1) is 5.41 Å². The zero-order chi connectivity index (χ0) is 13.3. The monoisotopic (exact) mass is 243 g/mol. The Hall–Kier alpha value is -1.77. The first-order valence-electron chi connectivity index (χ1n) is 6.29. The van der Waals surface area contributed by atoms with Crippen molar-refractivity contribution in [3.05, 3.63) is 30.3 Å². The molecule has 1 atom stereocenters. The van der Waals surface area contributed by atoms with Crippen molar-refractivity contribution in [2.75, 3.05) is 11.1 Å². The molecule has 2 aromatic rings. The normalized spacial score (nSPS) is 13.6. The Balaban J connectivity index is 2.28. The molecule has 0 amide bonds. The van der Waals surface area contributed by atoms with E-state index in [0.29, 0.717) is 6.04 Å². The predicted octanol–water partition coefficient (Wildman–Crippen LogP) is 3.66. The zero-order valence-corrected chi connectivity index (χ0v) is 11.5. The Labute approximate surface area is 108 Å². The molecule has 0 aliphatic heterocycles. The predicted molar refractivity (Wildman–Crippen MR) is 78.7 cm³/mol. The molecule has 1 aromatic carbocycles. The molecule has 0 radical (unpaired) electrons. The van der Waals surface area contributed by atoms with Crippen LogP contribution in [0.4, 0.5) is 11.5 Å². The summed E-state index contributed by atoms with van der Waals surface area (Å²) in [4.78, 5) is 4.60. The van der Waals surface area contributed by atoms with Crippen molar-refractivity contribution in [3.8, 4) is 0 Å². The molecule has 0 fully saturated rings. The highest BCUT2D eigenvalue weighted by atomic mass is 15.0. The molecule has 0 aliphatic carbocycles. The van der Waals surface area contributed by atoms with Gasteiger partial charge in [0.15, 0.2) is 0 Å². The minimum atomic E-state index is 0.206. The fraction of sp³-hybridized carbons (Fsp3) is 0.400. The van der Waals surface area contributed by atoms with Gasteiger partial charge in [-0.3, -0.25) is 0 Å². The maximum atomic E-state index is 5.76. The SMILES string of the molecule is CC(Nc1ccc2cc(N)ccc2n1)C(C)(C)C. The van der Waals surface area contributed by atoms with Crippen molar-refractivity contribution in [2.45, 2.75) is 33.7 Å². The zero-order valence-electron chi connectivity index (χ0n) is 11.5. The Morgan fingerprint density at radius 3 is 2.56 bits per heavy atom. The van der Waals surface area contributed by atoms with Gasteiger partial charge in [0.05, 0.1) is 5.52 Å². The van der Waals surface area contributed by atoms with Gasteiger partial charge < -0.3 is 11.1 Å². The number of pyridine rings is 1. The van der Waals surface area contributed by atoms with Crippen molar-refractivity contribution in [3.63, 3.8) is 0 Å². The highest BCUT2D eigenvalue weighted by molar-refractivity contribution is 5.83. The van der Waals surface area contributed by atoms with Crippen molar-refractivity contribution >= 4 is 22.4 Å². The molecule has 3 nitrogen and oxygen atoms in total. The first kappa shape index (κ1) is 12.7. The molecular weight excluding hydrogens is 222 g/mol. The molecule has 0 saturated carbocycles. The molecule has 0 aliphatic rings. The number of nitrogen functional groups attached to an aromatic ring is 1. The number of nitrogens with two attached hydrogens (primary N) is 1. The second-order valence-corrected chi connectivity index (χ2v) is 5.88. The van der Waals surface area contributed by atoms with Gasteiger partial charge in [-0.15, -0.1) is 0 Å². The lowest BCUT2D eigenvalue weighted by atomic mass is 9.88. The van der Waals surface area contributed by atoms with Gasteiger partial charge in [0.2, 0.25) is 0 Å². The van der Waals surface area contributed by atoms with E-state index in [9.17, 15) is 0 Å². The average Bonchev–Trinajstić information content (AvgIpc) is 2.28. The summed E-state index contributed by atoms with van der Waals surface area (Å²) >= 11 is 0. The number of hydrogen-bond donors (Lipinski definition) is 2. The van der Waals surface area contributed by atoms with Crippen LogP contribution in [-0.2, 0) is 0 Å². The Kier molecular flexibility index (Phi) is 3.16. The smallest absolute Gasteiger partial charge is 0.126 e. The van der Waals surface area contributed by atoms with E-state index < -0.39 is 0 Å². The number of anilines is 2. The van der Waals surface area contributed by atoms with Gasteiger partial charge in [-0.05, 0) is 42.7 Å². The molecule has 1 unspecified atom stereocenters. The molecule has 96 valence electrons. The summed E-state index contributed by atoms with van der Waals surface area (Å²) in [6.07, 6.45) is 0. The lowest BCUT2D eigenvalue weighted by Gasteiger charge is -2.28. The topological polar surface area (TPSA) is 50.9 Å². The van der Waals surface area contributed by atoms with Crippen molar-refractivity contribution in [1.82, 2.24) is 4.98 Å². The molecule has 1 heterocycles. The average molecular weight is 243 g/mol. The molecule has 0 spiro atoms. The van der Waals surface area contributed by atoms with E-state index in [1.165, 1.54) is 0 Å². The third-order valence-electron chi connectivity index (χ3n) is 3.38. The second-order valence-electron chi connectivity index (χ2n) is 5.88. The number of nitrogens with zero attached hydrogens (tertiary/aromatic N) is 1. The molecule has 1 aromatic heterocycles. The van der Waals surface area contributed by atoms with Crippen LogP contribution in [0.25, 0.3) is 10.9 Å². The Morgan fingerprint density at radius 2 is 1.89 bits per heavy atom. The van der Waals surface area contributed by atoms with E-state index in [-0.39, 0.29) is 5.41 Å². The highest BCUT2D eigenvalue weighted by Gasteiger charge is 2.19. The van der Waals surface area contributed by atoms with E-state index in [1.54, 1.807) is 0 Å². The van der Waals surface area contributed by atoms with Crippen LogP contribution < -0.4 is 11.1 Å². The van der Waals surface area contributed by atoms with Crippen molar-refractivity contribution < 1.29 is 0 Å². The number of benzene rings is 1. The van der Waals surface area contributed by atoms with Crippen LogP contribution >= 0.6 is 0 Å². The highest BCUT2D eigenvalue weighted by Crippen LogP contribution is 2.23. The van der Waals surface area contributed by atoms with E-state index in [4.69, 9.17) is 5.73 Å². The summed E-state index contributed by atoms with van der Waals surface area (Å²) in [5.74, 6) is 0.912. The van der Waals surface area contributed by atoms with Gasteiger partial charge in [0.25, 0.3) is 0 Å². The Bertz CT molecular complexity index is 555. The summed E-state index contributed by atoms with van der Waals surface area (Å²) in [6, 6.07) is 10.2. The first-order chi connectivity index (χ1) is 8.36. The second kappa shape index (κ2) is 4.48. The fourth-order valence-corrected chi connectivity index (χ4v) is 1.66. The van der Waals surface area contributed by atoms with Crippen LogP contribution in [0.15, 0.2) is 30.3 Å². The van der Waals surface area contributed by atoms with Crippen LogP contribution in [0.1, 0.15) is 27.7 Å². The third-order valence-corrected chi connectivity index (χ3v) is 3.38. The summed E-state index contributed by atoms with van der Waals surface area (Å²) < 4.78 is 0. The standard InChI is InChI=1S/C15H21N3/c1-10(15(2,3)4)17-14-8-5-11-9-12(16)6-7-13(11)18-14/h5-10H,16H2,1-4H3,(H,17,18). The van der Waals surface area contributed by atoms with E-state index in [0.717, 1.165) is 22.4 Å². The molecule has 3 heteroatoms. The van der Waals surface area contributed by atoms with Gasteiger partial charge in [-0.25, -0.2) is 4.98 Å². The minimum absolute atomic E-state index is 0.206. The first-order valence-corrected chi connectivity index (χ1v) is 6.29.